The van der Waals surface area contributed by atoms with Gasteiger partial charge in [0.05, 0.1) is 41.4 Å². The van der Waals surface area contributed by atoms with Gasteiger partial charge in [-0.15, -0.1) is 0 Å². The lowest BCUT2D eigenvalue weighted by Crippen LogP contribution is -2.30. The summed E-state index contributed by atoms with van der Waals surface area (Å²) in [5.41, 5.74) is 1.52. The number of alkyl halides is 2. The normalized spacial score (nSPS) is 17.1. The van der Waals surface area contributed by atoms with Crippen LogP contribution >= 0.6 is 11.6 Å². The van der Waals surface area contributed by atoms with Crippen molar-refractivity contribution in [3.05, 3.63) is 41.3 Å². The van der Waals surface area contributed by atoms with E-state index in [1.165, 1.54) is 24.5 Å². The maximum atomic E-state index is 12.4. The molecule has 0 spiro atoms. The van der Waals surface area contributed by atoms with Crippen molar-refractivity contribution >= 4 is 17.7 Å². The fourth-order valence-electron chi connectivity index (χ4n) is 2.41. The van der Waals surface area contributed by atoms with Gasteiger partial charge in [-0.3, -0.25) is 9.88 Å². The van der Waals surface area contributed by atoms with Gasteiger partial charge < -0.3 is 9.47 Å². The van der Waals surface area contributed by atoms with Gasteiger partial charge in [0.15, 0.2) is 0 Å². The molecule has 25 heavy (non-hydrogen) atoms. The van der Waals surface area contributed by atoms with Crippen molar-refractivity contribution in [2.45, 2.75) is 26.1 Å². The number of carbonyl (C=O) groups excluding carboxylic acids is 1. The van der Waals surface area contributed by atoms with Gasteiger partial charge in [0.25, 0.3) is 0 Å². The van der Waals surface area contributed by atoms with E-state index in [9.17, 15) is 13.6 Å². The molecule has 2 aromatic rings. The average Bonchev–Trinajstić information content (AvgIpc) is 2.89. The zero-order chi connectivity index (χ0) is 18.0. The van der Waals surface area contributed by atoms with Gasteiger partial charge >= 0.3 is 12.7 Å². The Kier molecular flexibility index (Phi) is 4.98. The Labute approximate surface area is 147 Å². The first-order chi connectivity index (χ1) is 11.9. The average molecular weight is 370 g/mol. The second kappa shape index (κ2) is 7.18. The van der Waals surface area contributed by atoms with Crippen LogP contribution in [0.15, 0.2) is 30.6 Å². The molecule has 1 aliphatic heterocycles. The van der Waals surface area contributed by atoms with Crippen molar-refractivity contribution in [2.75, 3.05) is 6.61 Å². The summed E-state index contributed by atoms with van der Waals surface area (Å²) in [6.07, 6.45) is 2.62. The van der Waals surface area contributed by atoms with Crippen LogP contribution < -0.4 is 4.74 Å². The van der Waals surface area contributed by atoms with Crippen LogP contribution in [-0.4, -0.2) is 40.2 Å². The van der Waals surface area contributed by atoms with Crippen molar-refractivity contribution in [1.82, 2.24) is 14.9 Å². The lowest BCUT2D eigenvalue weighted by molar-refractivity contribution is -0.0497. The number of rotatable bonds is 5. The molecule has 1 aromatic carbocycles. The van der Waals surface area contributed by atoms with E-state index in [2.05, 4.69) is 14.7 Å². The summed E-state index contributed by atoms with van der Waals surface area (Å²) in [4.78, 5) is 21.8. The highest BCUT2D eigenvalue weighted by atomic mass is 35.5. The minimum Gasteiger partial charge on any atom is -0.447 e. The lowest BCUT2D eigenvalue weighted by Gasteiger charge is -2.17. The zero-order valence-electron chi connectivity index (χ0n) is 13.2. The summed E-state index contributed by atoms with van der Waals surface area (Å²) in [5.74, 6) is -0.141. The van der Waals surface area contributed by atoms with Gasteiger partial charge in [-0.25, -0.2) is 9.78 Å². The SMILES string of the molecule is C[C@@H]1COC(=O)N1Cc1cncc(-c2ccc(Cl)c(OC(F)F)c2)n1. The lowest BCUT2D eigenvalue weighted by atomic mass is 10.1. The Hall–Kier alpha value is -2.48. The first-order valence-electron chi connectivity index (χ1n) is 7.43. The van der Waals surface area contributed by atoms with Crippen molar-refractivity contribution < 1.29 is 23.0 Å². The number of hydrogen-bond donors (Lipinski definition) is 0. The summed E-state index contributed by atoms with van der Waals surface area (Å²) in [6.45, 7) is -0.533. The monoisotopic (exact) mass is 369 g/mol. The van der Waals surface area contributed by atoms with Crippen LogP contribution in [0.3, 0.4) is 0 Å². The number of hydrogen-bond acceptors (Lipinski definition) is 5. The van der Waals surface area contributed by atoms with Gasteiger partial charge in [-0.2, -0.15) is 8.78 Å². The van der Waals surface area contributed by atoms with Crippen molar-refractivity contribution in [1.29, 1.82) is 0 Å². The van der Waals surface area contributed by atoms with Crippen molar-refractivity contribution in [2.24, 2.45) is 0 Å². The number of carbonyl (C=O) groups is 1. The number of amides is 1. The van der Waals surface area contributed by atoms with Gasteiger partial charge in [-0.1, -0.05) is 17.7 Å². The Bertz CT molecular complexity index is 791. The van der Waals surface area contributed by atoms with E-state index >= 15 is 0 Å². The van der Waals surface area contributed by atoms with E-state index < -0.39 is 12.7 Å². The largest absolute Gasteiger partial charge is 0.447 e. The van der Waals surface area contributed by atoms with Crippen LogP contribution in [0.25, 0.3) is 11.3 Å². The van der Waals surface area contributed by atoms with Crippen LogP contribution in [0, 0.1) is 0 Å². The molecular formula is C16H14ClF2N3O3. The van der Waals surface area contributed by atoms with E-state index in [4.69, 9.17) is 16.3 Å². The Balaban J connectivity index is 1.85. The highest BCUT2D eigenvalue weighted by molar-refractivity contribution is 6.32. The van der Waals surface area contributed by atoms with E-state index in [-0.39, 0.29) is 23.4 Å². The third kappa shape index (κ3) is 3.96. The first-order valence-corrected chi connectivity index (χ1v) is 7.81. The molecule has 132 valence electrons. The fraction of sp³-hybridized carbons (Fsp3) is 0.312. The van der Waals surface area contributed by atoms with Crippen LogP contribution in [0.5, 0.6) is 5.75 Å². The molecular weight excluding hydrogens is 356 g/mol. The van der Waals surface area contributed by atoms with Crippen molar-refractivity contribution in [3.8, 4) is 17.0 Å². The summed E-state index contributed by atoms with van der Waals surface area (Å²) >= 11 is 5.85. The summed E-state index contributed by atoms with van der Waals surface area (Å²) in [7, 11) is 0. The quantitative estimate of drug-likeness (QED) is 0.803. The molecule has 0 N–H and O–H groups in total. The van der Waals surface area contributed by atoms with E-state index in [0.717, 1.165) is 0 Å². The zero-order valence-corrected chi connectivity index (χ0v) is 13.9. The molecule has 1 atom stereocenters. The summed E-state index contributed by atoms with van der Waals surface area (Å²) in [5, 5.41) is 0.0711. The third-order valence-electron chi connectivity index (χ3n) is 3.67. The molecule has 1 saturated heterocycles. The molecule has 6 nitrogen and oxygen atoms in total. The number of cyclic esters (lactones) is 1. The molecule has 0 radical (unpaired) electrons. The van der Waals surface area contributed by atoms with E-state index in [0.29, 0.717) is 23.6 Å². The molecule has 0 saturated carbocycles. The molecule has 0 unspecified atom stereocenters. The predicted octanol–water partition coefficient (Wildman–Crippen LogP) is 3.74. The van der Waals surface area contributed by atoms with Gasteiger partial charge in [0.2, 0.25) is 0 Å². The Morgan fingerprint density at radius 1 is 1.44 bits per heavy atom. The number of aromatic nitrogens is 2. The second-order valence-corrected chi connectivity index (χ2v) is 5.88. The Morgan fingerprint density at radius 2 is 2.24 bits per heavy atom. The Morgan fingerprint density at radius 3 is 2.92 bits per heavy atom. The molecule has 1 fully saturated rings. The van der Waals surface area contributed by atoms with E-state index in [1.54, 1.807) is 11.0 Å². The maximum Gasteiger partial charge on any atom is 0.410 e. The minimum atomic E-state index is -2.98. The molecule has 0 bridgehead atoms. The topological polar surface area (TPSA) is 64.5 Å². The number of halogens is 3. The first kappa shape index (κ1) is 17.3. The smallest absolute Gasteiger partial charge is 0.410 e. The highest BCUT2D eigenvalue weighted by Gasteiger charge is 2.29. The molecule has 1 aliphatic rings. The second-order valence-electron chi connectivity index (χ2n) is 5.47. The molecule has 1 aromatic heterocycles. The highest BCUT2D eigenvalue weighted by Crippen LogP contribution is 2.31. The molecule has 2 heterocycles. The standard InChI is InChI=1S/C16H14ClF2N3O3/c1-9-8-24-16(23)22(9)7-11-5-20-6-13(21-11)10-2-3-12(17)14(4-10)25-15(18)19/h2-6,9,15H,7-8H2,1H3/t9-/m1/s1. The van der Waals surface area contributed by atoms with Gasteiger partial charge in [-0.05, 0) is 19.1 Å². The molecule has 1 amide bonds. The number of ether oxygens (including phenoxy) is 2. The molecule has 3 rings (SSSR count). The van der Waals surface area contributed by atoms with E-state index in [1.807, 2.05) is 6.92 Å². The molecule has 9 heteroatoms. The van der Waals surface area contributed by atoms with Crippen LogP contribution in [0.2, 0.25) is 5.02 Å². The third-order valence-corrected chi connectivity index (χ3v) is 3.99. The predicted molar refractivity (Wildman–Crippen MR) is 85.5 cm³/mol. The number of benzene rings is 1. The summed E-state index contributed by atoms with van der Waals surface area (Å²) in [6, 6.07) is 4.39. The maximum absolute atomic E-state index is 12.4. The van der Waals surface area contributed by atoms with Crippen LogP contribution in [0.4, 0.5) is 13.6 Å². The van der Waals surface area contributed by atoms with Gasteiger partial charge in [0, 0.05) is 5.56 Å². The van der Waals surface area contributed by atoms with Crippen LogP contribution in [0.1, 0.15) is 12.6 Å². The fourth-order valence-corrected chi connectivity index (χ4v) is 2.57. The molecule has 0 aliphatic carbocycles. The minimum absolute atomic E-state index is 0.0560. The van der Waals surface area contributed by atoms with Crippen molar-refractivity contribution in [3.63, 3.8) is 0 Å². The van der Waals surface area contributed by atoms with Gasteiger partial charge in [0.1, 0.15) is 12.4 Å². The number of nitrogens with zero attached hydrogens (tertiary/aromatic N) is 3. The van der Waals surface area contributed by atoms with Crippen LogP contribution in [-0.2, 0) is 11.3 Å². The summed E-state index contributed by atoms with van der Waals surface area (Å²) < 4.78 is 34.2.